The molecular weight excluding hydrogens is 371 g/mol. The van der Waals surface area contributed by atoms with Gasteiger partial charge >= 0.3 is 0 Å². The quantitative estimate of drug-likeness (QED) is 0.655. The van der Waals surface area contributed by atoms with Crippen LogP contribution in [0.3, 0.4) is 0 Å². The van der Waals surface area contributed by atoms with Crippen LogP contribution in [0.1, 0.15) is 44.9 Å². The average molecular weight is 395 g/mol. The summed E-state index contributed by atoms with van der Waals surface area (Å²) in [4.78, 5) is 24.9. The van der Waals surface area contributed by atoms with Crippen molar-refractivity contribution >= 4 is 22.6 Å². The number of fused-ring (bicyclic) bond motifs is 1. The Hall–Kier alpha value is -2.93. The van der Waals surface area contributed by atoms with E-state index in [1.165, 1.54) is 0 Å². The second kappa shape index (κ2) is 7.83. The molecule has 4 rings (SSSR count). The molecule has 1 aliphatic carbocycles. The van der Waals surface area contributed by atoms with Gasteiger partial charge in [-0.3, -0.25) is 14.8 Å². The molecule has 3 aromatic heterocycles. The molecule has 1 fully saturated rings. The highest BCUT2D eigenvalue weighted by molar-refractivity contribution is 5.95. The predicted octanol–water partition coefficient (Wildman–Crippen LogP) is 4.13. The zero-order valence-electron chi connectivity index (χ0n) is 17.3. The lowest BCUT2D eigenvalue weighted by atomic mass is 10.0. The van der Waals surface area contributed by atoms with Crippen molar-refractivity contribution in [3.05, 3.63) is 48.0 Å². The summed E-state index contributed by atoms with van der Waals surface area (Å²) in [6.07, 6.45) is 3.47. The number of carbonyl (C=O) groups excluding carboxylic acids is 1. The molecule has 0 radical (unpaired) electrons. The Bertz CT molecular complexity index is 1120. The molecule has 29 heavy (non-hydrogen) atoms. The first-order chi connectivity index (χ1) is 14.3. The number of amides is 1. The Morgan fingerprint density at radius 1 is 1.31 bits per heavy atom. The minimum atomic E-state index is -1.70. The second-order valence-corrected chi connectivity index (χ2v) is 7.41. The lowest BCUT2D eigenvalue weighted by molar-refractivity contribution is -0.117. The number of aliphatic hydroxyl groups is 1. The van der Waals surface area contributed by atoms with Gasteiger partial charge in [0, 0.05) is 41.2 Å². The zero-order valence-corrected chi connectivity index (χ0v) is 16.3. The molecule has 1 saturated carbocycles. The molecule has 0 spiro atoms. The van der Waals surface area contributed by atoms with Gasteiger partial charge in [-0.15, -0.1) is 0 Å². The minimum Gasteiger partial charge on any atom is -0.387 e. The van der Waals surface area contributed by atoms with Crippen LogP contribution >= 0.6 is 0 Å². The van der Waals surface area contributed by atoms with Crippen molar-refractivity contribution in [2.75, 3.05) is 5.32 Å². The molecule has 1 aliphatic rings. The number of halogens is 1. The number of hydrogen-bond acceptors (Lipinski definition) is 5. The van der Waals surface area contributed by atoms with E-state index in [0.717, 1.165) is 22.1 Å². The van der Waals surface area contributed by atoms with Gasteiger partial charge < -0.3 is 10.4 Å². The summed E-state index contributed by atoms with van der Waals surface area (Å²) in [5.74, 6) is -0.583. The first-order valence-electron chi connectivity index (χ1n) is 10.2. The molecule has 0 aliphatic heterocycles. The summed E-state index contributed by atoms with van der Waals surface area (Å²) in [5, 5.41) is 13.7. The fourth-order valence-electron chi connectivity index (χ4n) is 3.27. The molecule has 3 aromatic rings. The number of nitrogens with zero attached hydrogens (tertiary/aromatic N) is 3. The third-order valence-corrected chi connectivity index (χ3v) is 5.07. The lowest BCUT2D eigenvalue weighted by Crippen LogP contribution is -2.15. The Kier molecular flexibility index (Phi) is 4.89. The minimum absolute atomic E-state index is 0.267. The van der Waals surface area contributed by atoms with Crippen LogP contribution < -0.4 is 5.32 Å². The van der Waals surface area contributed by atoms with Crippen LogP contribution in [0, 0.1) is 12.8 Å². The van der Waals surface area contributed by atoms with E-state index in [-0.39, 0.29) is 12.3 Å². The summed E-state index contributed by atoms with van der Waals surface area (Å²) in [6.45, 7) is 3.82. The molecule has 0 bridgehead atoms. The standard InChI is InChI=1S/C22H23FN4O2/c1-3-4-20(28)19-5-12(2)16(11-25-19)13-6-14-10-26-21(8-18(14)24-9-13)27-22(29)15-7-17(15)23/h5-6,8-11,15,17,20,28H,3-4,7H2,1-2H3,(H,26,27,29)/t15-,17+,20-/m1/s1/i20D. The number of aromatic nitrogens is 3. The smallest absolute Gasteiger partial charge is 0.231 e. The zero-order chi connectivity index (χ0) is 21.5. The van der Waals surface area contributed by atoms with Crippen LogP contribution in [0.25, 0.3) is 22.0 Å². The third kappa shape index (κ3) is 4.10. The highest BCUT2D eigenvalue weighted by Gasteiger charge is 2.43. The Morgan fingerprint density at radius 3 is 2.79 bits per heavy atom. The van der Waals surface area contributed by atoms with E-state index in [0.29, 0.717) is 29.9 Å². The molecule has 2 N–H and O–H groups in total. The summed E-state index contributed by atoms with van der Waals surface area (Å²) in [5.41, 5.74) is 3.54. The molecule has 150 valence electrons. The highest BCUT2D eigenvalue weighted by atomic mass is 19.1. The number of anilines is 1. The monoisotopic (exact) mass is 395 g/mol. The lowest BCUT2D eigenvalue weighted by Gasteiger charge is -2.12. The molecular formula is C22H23FN4O2. The third-order valence-electron chi connectivity index (χ3n) is 5.07. The van der Waals surface area contributed by atoms with Crippen LogP contribution in [0.2, 0.25) is 0 Å². The maximum Gasteiger partial charge on any atom is 0.231 e. The summed E-state index contributed by atoms with van der Waals surface area (Å²) in [6, 6.07) is 5.31. The average Bonchev–Trinajstić information content (AvgIpc) is 3.44. The Labute approximate surface area is 169 Å². The Morgan fingerprint density at radius 2 is 2.10 bits per heavy atom. The van der Waals surface area contributed by atoms with Crippen LogP contribution in [0.4, 0.5) is 10.2 Å². The number of nitrogens with one attached hydrogen (secondary N) is 1. The van der Waals surface area contributed by atoms with E-state index < -0.39 is 18.2 Å². The SMILES string of the molecule is [2H][C@@](O)(CCC)c1cc(C)c(-c2cnc3cc(NC(=O)[C@@H]4C[C@@H]4F)ncc3c2)cn1. The van der Waals surface area contributed by atoms with Crippen LogP contribution in [-0.4, -0.2) is 32.1 Å². The van der Waals surface area contributed by atoms with Gasteiger partial charge in [0.05, 0.1) is 24.6 Å². The summed E-state index contributed by atoms with van der Waals surface area (Å²) < 4.78 is 21.1. The van der Waals surface area contributed by atoms with Crippen LogP contribution in [0.5, 0.6) is 0 Å². The molecule has 1 amide bonds. The van der Waals surface area contributed by atoms with Crippen LogP contribution in [0.15, 0.2) is 36.8 Å². The highest BCUT2D eigenvalue weighted by Crippen LogP contribution is 2.34. The number of aryl methyl sites for hydroxylation is 1. The second-order valence-electron chi connectivity index (χ2n) is 7.41. The normalized spacial score (nSPS) is 20.8. The molecule has 6 nitrogen and oxygen atoms in total. The number of pyridine rings is 3. The van der Waals surface area contributed by atoms with Gasteiger partial charge in [0.1, 0.15) is 12.0 Å². The molecule has 0 aromatic carbocycles. The van der Waals surface area contributed by atoms with Crippen molar-refractivity contribution in [3.8, 4) is 11.1 Å². The number of hydrogen-bond donors (Lipinski definition) is 2. The van der Waals surface area contributed by atoms with Crippen molar-refractivity contribution in [2.45, 2.75) is 45.4 Å². The molecule has 3 heterocycles. The van der Waals surface area contributed by atoms with E-state index in [2.05, 4.69) is 20.3 Å². The van der Waals surface area contributed by atoms with Gasteiger partial charge in [-0.25, -0.2) is 9.37 Å². The first-order valence-corrected chi connectivity index (χ1v) is 9.69. The predicted molar refractivity (Wildman–Crippen MR) is 109 cm³/mol. The largest absolute Gasteiger partial charge is 0.387 e. The van der Waals surface area contributed by atoms with Crippen molar-refractivity contribution in [3.63, 3.8) is 0 Å². The van der Waals surface area contributed by atoms with Gasteiger partial charge in [-0.2, -0.15) is 0 Å². The summed E-state index contributed by atoms with van der Waals surface area (Å²) >= 11 is 0. The van der Waals surface area contributed by atoms with E-state index in [9.17, 15) is 14.3 Å². The number of rotatable bonds is 6. The fourth-order valence-corrected chi connectivity index (χ4v) is 3.27. The van der Waals surface area contributed by atoms with E-state index in [1.54, 1.807) is 30.7 Å². The molecule has 0 unspecified atom stereocenters. The van der Waals surface area contributed by atoms with Gasteiger partial charge in [0.2, 0.25) is 5.91 Å². The van der Waals surface area contributed by atoms with Crippen molar-refractivity contribution in [2.24, 2.45) is 5.92 Å². The van der Waals surface area contributed by atoms with Gasteiger partial charge in [0.25, 0.3) is 0 Å². The van der Waals surface area contributed by atoms with Crippen LogP contribution in [-0.2, 0) is 4.79 Å². The van der Waals surface area contributed by atoms with E-state index in [4.69, 9.17) is 1.37 Å². The molecule has 3 atom stereocenters. The van der Waals surface area contributed by atoms with Gasteiger partial charge in [0.15, 0.2) is 0 Å². The van der Waals surface area contributed by atoms with Gasteiger partial charge in [-0.1, -0.05) is 13.3 Å². The van der Waals surface area contributed by atoms with Crippen molar-refractivity contribution < 1.29 is 15.7 Å². The molecule has 0 saturated heterocycles. The fraction of sp³-hybridized carbons (Fsp3) is 0.364. The first kappa shape index (κ1) is 18.1. The molecule has 7 heteroatoms. The maximum absolute atomic E-state index is 13.0. The Balaban J connectivity index is 1.59. The van der Waals surface area contributed by atoms with Crippen molar-refractivity contribution in [1.82, 2.24) is 15.0 Å². The topological polar surface area (TPSA) is 88.0 Å². The maximum atomic E-state index is 13.0. The van der Waals surface area contributed by atoms with Gasteiger partial charge in [-0.05, 0) is 37.5 Å². The summed E-state index contributed by atoms with van der Waals surface area (Å²) in [7, 11) is 0. The van der Waals surface area contributed by atoms with E-state index >= 15 is 0 Å². The van der Waals surface area contributed by atoms with E-state index in [1.807, 2.05) is 19.9 Å². The number of alkyl halides is 1. The number of carbonyl (C=O) groups is 1. The van der Waals surface area contributed by atoms with Crippen molar-refractivity contribution in [1.29, 1.82) is 0 Å².